The van der Waals surface area contributed by atoms with Crippen molar-refractivity contribution in [3.63, 3.8) is 0 Å². The van der Waals surface area contributed by atoms with Gasteiger partial charge in [0.25, 0.3) is 0 Å². The zero-order valence-corrected chi connectivity index (χ0v) is 9.13. The predicted molar refractivity (Wildman–Crippen MR) is 54.9 cm³/mol. The van der Waals surface area contributed by atoms with Crippen molar-refractivity contribution >= 4 is 0 Å². The van der Waals surface area contributed by atoms with Crippen LogP contribution >= 0.6 is 0 Å². The van der Waals surface area contributed by atoms with Crippen LogP contribution in [0.25, 0.3) is 0 Å². The average Bonchev–Trinajstić information content (AvgIpc) is 2.04. The molecule has 1 aromatic heterocycles. The Morgan fingerprint density at radius 1 is 1.08 bits per heavy atom. The van der Waals surface area contributed by atoms with Gasteiger partial charge in [-0.15, -0.1) is 0 Å². The van der Waals surface area contributed by atoms with Crippen LogP contribution < -0.4 is 0 Å². The molecule has 72 valence electrons. The van der Waals surface area contributed by atoms with E-state index < -0.39 is 0 Å². The van der Waals surface area contributed by atoms with Crippen molar-refractivity contribution in [2.24, 2.45) is 0 Å². The second kappa shape index (κ2) is 3.86. The summed E-state index contributed by atoms with van der Waals surface area (Å²) in [6.07, 6.45) is 1.88. The van der Waals surface area contributed by atoms with E-state index in [4.69, 9.17) is 0 Å². The van der Waals surface area contributed by atoms with E-state index in [0.29, 0.717) is 11.8 Å². The van der Waals surface area contributed by atoms with Gasteiger partial charge in [0.1, 0.15) is 0 Å². The smallest absolute Gasteiger partial charge is 0.0644 e. The molecule has 0 spiro atoms. The first kappa shape index (κ1) is 10.2. The molecule has 0 saturated heterocycles. The Morgan fingerprint density at radius 2 is 1.69 bits per heavy atom. The van der Waals surface area contributed by atoms with E-state index in [-0.39, 0.29) is 0 Å². The van der Waals surface area contributed by atoms with Gasteiger partial charge in [-0.2, -0.15) is 0 Å². The molecule has 0 aliphatic rings. The highest BCUT2D eigenvalue weighted by Gasteiger charge is 2.09. The van der Waals surface area contributed by atoms with Crippen LogP contribution in [0.5, 0.6) is 0 Å². The van der Waals surface area contributed by atoms with Gasteiger partial charge < -0.3 is 0 Å². The van der Waals surface area contributed by atoms with Crippen LogP contribution in [0, 0.1) is 6.92 Å². The maximum atomic E-state index is 4.61. The molecule has 0 amide bonds. The molecule has 0 radical (unpaired) electrons. The molecule has 0 aromatic carbocycles. The van der Waals surface area contributed by atoms with E-state index in [2.05, 4.69) is 37.7 Å². The van der Waals surface area contributed by atoms with Crippen LogP contribution in [0.15, 0.2) is 6.20 Å². The summed E-state index contributed by atoms with van der Waals surface area (Å²) >= 11 is 0. The monoisotopic (exact) mass is 178 g/mol. The van der Waals surface area contributed by atoms with E-state index in [1.807, 2.05) is 13.1 Å². The summed E-state index contributed by atoms with van der Waals surface area (Å²) in [4.78, 5) is 8.97. The predicted octanol–water partition coefficient (Wildman–Crippen LogP) is 3.03. The van der Waals surface area contributed by atoms with Crippen molar-refractivity contribution in [3.05, 3.63) is 23.3 Å². The first-order chi connectivity index (χ1) is 6.02. The van der Waals surface area contributed by atoms with Gasteiger partial charge in [-0.25, -0.2) is 0 Å². The van der Waals surface area contributed by atoms with Crippen molar-refractivity contribution < 1.29 is 0 Å². The number of aromatic nitrogens is 2. The van der Waals surface area contributed by atoms with Crippen molar-refractivity contribution in [2.45, 2.75) is 46.5 Å². The summed E-state index contributed by atoms with van der Waals surface area (Å²) in [5, 5.41) is 0. The van der Waals surface area contributed by atoms with Crippen molar-refractivity contribution in [1.29, 1.82) is 0 Å². The van der Waals surface area contributed by atoms with Crippen LogP contribution in [0.1, 0.15) is 56.6 Å². The fourth-order valence-electron chi connectivity index (χ4n) is 1.30. The maximum absolute atomic E-state index is 4.61. The number of nitrogens with zero attached hydrogens (tertiary/aromatic N) is 2. The fourth-order valence-corrected chi connectivity index (χ4v) is 1.30. The molecule has 2 nitrogen and oxygen atoms in total. The van der Waals surface area contributed by atoms with Gasteiger partial charge in [-0.05, 0) is 18.8 Å². The average molecular weight is 178 g/mol. The maximum Gasteiger partial charge on any atom is 0.0644 e. The second-order valence-electron chi connectivity index (χ2n) is 4.07. The van der Waals surface area contributed by atoms with E-state index >= 15 is 0 Å². The lowest BCUT2D eigenvalue weighted by Gasteiger charge is -2.11. The van der Waals surface area contributed by atoms with E-state index in [1.54, 1.807) is 0 Å². The van der Waals surface area contributed by atoms with Crippen LogP contribution in [0.3, 0.4) is 0 Å². The van der Waals surface area contributed by atoms with Crippen molar-refractivity contribution in [1.82, 2.24) is 9.97 Å². The molecule has 0 bridgehead atoms. The molecule has 0 fully saturated rings. The molecule has 13 heavy (non-hydrogen) atoms. The third kappa shape index (κ3) is 2.27. The van der Waals surface area contributed by atoms with Crippen LogP contribution in [0.4, 0.5) is 0 Å². The molecule has 0 saturated carbocycles. The summed E-state index contributed by atoms with van der Waals surface area (Å²) in [5.74, 6) is 0.928. The topological polar surface area (TPSA) is 25.8 Å². The van der Waals surface area contributed by atoms with Gasteiger partial charge in [0.15, 0.2) is 0 Å². The summed E-state index contributed by atoms with van der Waals surface area (Å²) in [6, 6.07) is 0. The van der Waals surface area contributed by atoms with Crippen molar-refractivity contribution in [3.8, 4) is 0 Å². The molecular formula is C11H18N2. The zero-order chi connectivity index (χ0) is 10.0. The molecule has 0 aliphatic heterocycles. The minimum Gasteiger partial charge on any atom is -0.258 e. The number of hydrogen-bond acceptors (Lipinski definition) is 2. The van der Waals surface area contributed by atoms with Gasteiger partial charge in [0.2, 0.25) is 0 Å². The standard InChI is InChI=1S/C11H18N2/c1-7(2)10-6-12-9(5)11(13-10)8(3)4/h6-8H,1-5H3. The molecule has 2 heteroatoms. The Kier molecular flexibility index (Phi) is 3.02. The molecule has 1 rings (SSSR count). The summed E-state index contributed by atoms with van der Waals surface area (Å²) < 4.78 is 0. The number of hydrogen-bond donors (Lipinski definition) is 0. The van der Waals surface area contributed by atoms with Gasteiger partial charge >= 0.3 is 0 Å². The van der Waals surface area contributed by atoms with Gasteiger partial charge in [0.05, 0.1) is 17.1 Å². The minimum absolute atomic E-state index is 0.464. The van der Waals surface area contributed by atoms with Gasteiger partial charge in [-0.1, -0.05) is 27.7 Å². The van der Waals surface area contributed by atoms with Gasteiger partial charge in [-0.3, -0.25) is 9.97 Å². The lowest BCUT2D eigenvalue weighted by Crippen LogP contribution is -2.04. The highest BCUT2D eigenvalue weighted by atomic mass is 14.8. The van der Waals surface area contributed by atoms with E-state index in [1.165, 1.54) is 0 Å². The van der Waals surface area contributed by atoms with E-state index in [9.17, 15) is 0 Å². The Labute approximate surface area is 80.4 Å². The Morgan fingerprint density at radius 3 is 2.15 bits per heavy atom. The molecule has 0 unspecified atom stereocenters. The molecule has 0 N–H and O–H groups in total. The molecule has 0 aliphatic carbocycles. The largest absolute Gasteiger partial charge is 0.258 e. The Hall–Kier alpha value is -0.920. The molecular weight excluding hydrogens is 160 g/mol. The highest BCUT2D eigenvalue weighted by Crippen LogP contribution is 2.18. The first-order valence-corrected chi connectivity index (χ1v) is 4.85. The third-order valence-corrected chi connectivity index (χ3v) is 2.15. The first-order valence-electron chi connectivity index (χ1n) is 4.85. The van der Waals surface area contributed by atoms with Crippen molar-refractivity contribution in [2.75, 3.05) is 0 Å². The summed E-state index contributed by atoms with van der Waals surface area (Å²) in [5.41, 5.74) is 3.28. The fraction of sp³-hybridized carbons (Fsp3) is 0.636. The molecule has 1 aromatic rings. The third-order valence-electron chi connectivity index (χ3n) is 2.15. The summed E-state index contributed by atoms with van der Waals surface area (Å²) in [6.45, 7) is 10.6. The quantitative estimate of drug-likeness (QED) is 0.695. The lowest BCUT2D eigenvalue weighted by atomic mass is 10.1. The number of aryl methyl sites for hydroxylation is 1. The normalized spacial score (nSPS) is 11.3. The number of rotatable bonds is 2. The lowest BCUT2D eigenvalue weighted by molar-refractivity contribution is 0.739. The molecule has 0 atom stereocenters. The highest BCUT2D eigenvalue weighted by molar-refractivity contribution is 5.17. The Bertz CT molecular complexity index is 290. The Balaban J connectivity index is 3.11. The minimum atomic E-state index is 0.464. The summed E-state index contributed by atoms with van der Waals surface area (Å²) in [7, 11) is 0. The van der Waals surface area contributed by atoms with Gasteiger partial charge in [0, 0.05) is 6.20 Å². The van der Waals surface area contributed by atoms with Crippen LogP contribution in [0.2, 0.25) is 0 Å². The van der Waals surface area contributed by atoms with Crippen LogP contribution in [-0.2, 0) is 0 Å². The SMILES string of the molecule is Cc1ncc(C(C)C)nc1C(C)C. The van der Waals surface area contributed by atoms with Crippen LogP contribution in [-0.4, -0.2) is 9.97 Å². The zero-order valence-electron chi connectivity index (χ0n) is 9.13. The second-order valence-corrected chi connectivity index (χ2v) is 4.07. The van der Waals surface area contributed by atoms with E-state index in [0.717, 1.165) is 17.1 Å². The molecule has 1 heterocycles.